The van der Waals surface area contributed by atoms with E-state index in [1.54, 1.807) is 17.5 Å². The molecule has 1 rings (SSSR count). The highest BCUT2D eigenvalue weighted by Gasteiger charge is 2.14. The van der Waals surface area contributed by atoms with Gasteiger partial charge in [-0.25, -0.2) is 8.42 Å². The van der Waals surface area contributed by atoms with Crippen LogP contribution in [0.2, 0.25) is 0 Å². The Hall–Kier alpha value is -0.390. The van der Waals surface area contributed by atoms with Crippen LogP contribution in [-0.4, -0.2) is 20.2 Å². The molecular weight excluding hydrogens is 218 g/mol. The van der Waals surface area contributed by atoms with Crippen LogP contribution in [-0.2, 0) is 9.84 Å². The Labute approximate surface area is 88.9 Å². The third-order valence-corrected chi connectivity index (χ3v) is 5.16. The van der Waals surface area contributed by atoms with Gasteiger partial charge in [-0.05, 0) is 31.2 Å². The summed E-state index contributed by atoms with van der Waals surface area (Å²) in [5.74, 6) is 0.203. The van der Waals surface area contributed by atoms with Crippen molar-refractivity contribution < 1.29 is 8.42 Å². The molecule has 0 aliphatic heterocycles. The number of nitrogens with two attached hydrogens (primary N) is 1. The van der Waals surface area contributed by atoms with Gasteiger partial charge in [0.25, 0.3) is 0 Å². The highest BCUT2D eigenvalue weighted by atomic mass is 32.2. The van der Waals surface area contributed by atoms with Gasteiger partial charge in [0.15, 0.2) is 9.84 Å². The SMILES string of the molecule is CC(N)CCCS(=O)(=O)c1cccs1. The Morgan fingerprint density at radius 1 is 1.57 bits per heavy atom. The fourth-order valence-corrected chi connectivity index (χ4v) is 3.62. The van der Waals surface area contributed by atoms with Gasteiger partial charge in [-0.2, -0.15) is 0 Å². The van der Waals surface area contributed by atoms with E-state index in [9.17, 15) is 8.42 Å². The van der Waals surface area contributed by atoms with Crippen molar-refractivity contribution in [2.75, 3.05) is 5.75 Å². The van der Waals surface area contributed by atoms with Gasteiger partial charge in [0.2, 0.25) is 0 Å². The summed E-state index contributed by atoms with van der Waals surface area (Å²) in [6, 6.07) is 3.48. The summed E-state index contributed by atoms with van der Waals surface area (Å²) in [5.41, 5.74) is 5.55. The molecule has 1 aromatic heterocycles. The van der Waals surface area contributed by atoms with Crippen molar-refractivity contribution in [3.8, 4) is 0 Å². The van der Waals surface area contributed by atoms with E-state index in [0.717, 1.165) is 6.42 Å². The van der Waals surface area contributed by atoms with Crippen LogP contribution in [0, 0.1) is 0 Å². The van der Waals surface area contributed by atoms with E-state index in [2.05, 4.69) is 0 Å². The van der Waals surface area contributed by atoms with Crippen LogP contribution >= 0.6 is 11.3 Å². The van der Waals surface area contributed by atoms with Crippen LogP contribution < -0.4 is 5.73 Å². The summed E-state index contributed by atoms with van der Waals surface area (Å²) in [6.45, 7) is 1.89. The minimum absolute atomic E-state index is 0.0773. The molecule has 1 heterocycles. The number of hydrogen-bond donors (Lipinski definition) is 1. The molecular formula is C9H15NO2S2. The zero-order valence-electron chi connectivity index (χ0n) is 8.14. The lowest BCUT2D eigenvalue weighted by Crippen LogP contribution is -2.16. The smallest absolute Gasteiger partial charge is 0.187 e. The minimum Gasteiger partial charge on any atom is -0.328 e. The Morgan fingerprint density at radius 3 is 2.79 bits per heavy atom. The first-order valence-electron chi connectivity index (χ1n) is 4.54. The molecule has 0 amide bonds. The predicted octanol–water partition coefficient (Wildman–Crippen LogP) is 1.65. The first-order valence-corrected chi connectivity index (χ1v) is 7.07. The van der Waals surface area contributed by atoms with E-state index in [1.165, 1.54) is 11.3 Å². The lowest BCUT2D eigenvalue weighted by Gasteiger charge is -2.04. The summed E-state index contributed by atoms with van der Waals surface area (Å²) in [6.07, 6.45) is 1.39. The second kappa shape index (κ2) is 4.91. The summed E-state index contributed by atoms with van der Waals surface area (Å²) >= 11 is 1.27. The second-order valence-corrected chi connectivity index (χ2v) is 6.65. The van der Waals surface area contributed by atoms with Crippen molar-refractivity contribution in [3.05, 3.63) is 17.5 Å². The number of rotatable bonds is 5. The monoisotopic (exact) mass is 233 g/mol. The highest BCUT2D eigenvalue weighted by molar-refractivity contribution is 7.93. The zero-order valence-corrected chi connectivity index (χ0v) is 9.77. The maximum Gasteiger partial charge on any atom is 0.187 e. The van der Waals surface area contributed by atoms with Crippen molar-refractivity contribution in [1.82, 2.24) is 0 Å². The van der Waals surface area contributed by atoms with Gasteiger partial charge in [-0.3, -0.25) is 0 Å². The first kappa shape index (κ1) is 11.7. The molecule has 5 heteroatoms. The van der Waals surface area contributed by atoms with E-state index in [1.807, 2.05) is 6.92 Å². The fraction of sp³-hybridized carbons (Fsp3) is 0.556. The standard InChI is InChI=1S/C9H15NO2S2/c1-8(10)4-3-7-14(11,12)9-5-2-6-13-9/h2,5-6,8H,3-4,7,10H2,1H3. The average molecular weight is 233 g/mol. The van der Waals surface area contributed by atoms with Crippen LogP contribution in [0.15, 0.2) is 21.7 Å². The van der Waals surface area contributed by atoms with Crippen LogP contribution in [0.25, 0.3) is 0 Å². The van der Waals surface area contributed by atoms with Gasteiger partial charge < -0.3 is 5.73 Å². The molecule has 0 saturated carbocycles. The minimum atomic E-state index is -3.05. The third kappa shape index (κ3) is 3.40. The van der Waals surface area contributed by atoms with Crippen LogP contribution in [0.5, 0.6) is 0 Å². The van der Waals surface area contributed by atoms with E-state index < -0.39 is 9.84 Å². The first-order chi connectivity index (χ1) is 6.52. The molecule has 14 heavy (non-hydrogen) atoms. The molecule has 0 aromatic carbocycles. The molecule has 0 fully saturated rings. The number of thiophene rings is 1. The van der Waals surface area contributed by atoms with E-state index in [-0.39, 0.29) is 11.8 Å². The average Bonchev–Trinajstić information content (AvgIpc) is 2.54. The van der Waals surface area contributed by atoms with Gasteiger partial charge in [0.1, 0.15) is 4.21 Å². The van der Waals surface area contributed by atoms with E-state index >= 15 is 0 Å². The van der Waals surface area contributed by atoms with Crippen LogP contribution in [0.4, 0.5) is 0 Å². The molecule has 1 unspecified atom stereocenters. The molecule has 0 radical (unpaired) electrons. The van der Waals surface area contributed by atoms with Gasteiger partial charge in [0.05, 0.1) is 5.75 Å². The Kier molecular flexibility index (Phi) is 4.10. The molecule has 3 nitrogen and oxygen atoms in total. The molecule has 0 aliphatic carbocycles. The van der Waals surface area contributed by atoms with Crippen molar-refractivity contribution in [3.63, 3.8) is 0 Å². The summed E-state index contributed by atoms with van der Waals surface area (Å²) in [4.78, 5) is 0. The number of sulfone groups is 1. The molecule has 0 aliphatic rings. The second-order valence-electron chi connectivity index (χ2n) is 3.37. The molecule has 0 bridgehead atoms. The summed E-state index contributed by atoms with van der Waals surface area (Å²) in [7, 11) is -3.05. The Bertz CT molecular complexity index is 354. The van der Waals surface area contributed by atoms with E-state index in [0.29, 0.717) is 10.6 Å². The lowest BCUT2D eigenvalue weighted by atomic mass is 10.2. The maximum absolute atomic E-state index is 11.6. The Balaban J connectivity index is 2.52. The van der Waals surface area contributed by atoms with Gasteiger partial charge in [-0.15, -0.1) is 11.3 Å². The maximum atomic E-state index is 11.6. The quantitative estimate of drug-likeness (QED) is 0.841. The highest BCUT2D eigenvalue weighted by Crippen LogP contribution is 2.18. The van der Waals surface area contributed by atoms with Crippen LogP contribution in [0.1, 0.15) is 19.8 Å². The summed E-state index contributed by atoms with van der Waals surface area (Å²) in [5, 5.41) is 1.78. The van der Waals surface area contributed by atoms with Crippen molar-refractivity contribution in [1.29, 1.82) is 0 Å². The van der Waals surface area contributed by atoms with Gasteiger partial charge in [-0.1, -0.05) is 6.07 Å². The molecule has 2 N–H and O–H groups in total. The largest absolute Gasteiger partial charge is 0.328 e. The molecule has 80 valence electrons. The predicted molar refractivity (Wildman–Crippen MR) is 59.3 cm³/mol. The molecule has 0 spiro atoms. The normalized spacial score (nSPS) is 14.1. The third-order valence-electron chi connectivity index (χ3n) is 1.87. The molecule has 0 saturated heterocycles. The van der Waals surface area contributed by atoms with Crippen molar-refractivity contribution in [2.45, 2.75) is 30.0 Å². The molecule has 1 atom stereocenters. The zero-order chi connectivity index (χ0) is 10.6. The topological polar surface area (TPSA) is 60.2 Å². The van der Waals surface area contributed by atoms with Crippen LogP contribution in [0.3, 0.4) is 0 Å². The van der Waals surface area contributed by atoms with Crippen molar-refractivity contribution >= 4 is 21.2 Å². The Morgan fingerprint density at radius 2 is 2.29 bits per heavy atom. The van der Waals surface area contributed by atoms with Gasteiger partial charge >= 0.3 is 0 Å². The molecule has 1 aromatic rings. The summed E-state index contributed by atoms with van der Waals surface area (Å²) < 4.78 is 23.7. The van der Waals surface area contributed by atoms with E-state index in [4.69, 9.17) is 5.73 Å². The lowest BCUT2D eigenvalue weighted by molar-refractivity contribution is 0.587. The number of hydrogen-bond acceptors (Lipinski definition) is 4. The fourth-order valence-electron chi connectivity index (χ4n) is 1.14. The van der Waals surface area contributed by atoms with Gasteiger partial charge in [0, 0.05) is 6.04 Å². The van der Waals surface area contributed by atoms with Crippen molar-refractivity contribution in [2.24, 2.45) is 5.73 Å².